The lowest BCUT2D eigenvalue weighted by Crippen LogP contribution is -2.43. The second-order valence-corrected chi connectivity index (χ2v) is 6.56. The van der Waals surface area contributed by atoms with Crippen LogP contribution in [0.4, 0.5) is 0 Å². The molecule has 0 bridgehead atoms. The lowest BCUT2D eigenvalue weighted by Gasteiger charge is -2.37. The van der Waals surface area contributed by atoms with Crippen LogP contribution in [0.1, 0.15) is 44.3 Å². The number of hydrogen-bond donors (Lipinski definition) is 0. The number of carbonyl (C=O) groups is 1. The van der Waals surface area contributed by atoms with Gasteiger partial charge in [0.25, 0.3) is 5.56 Å². The molecule has 2 atom stereocenters. The van der Waals surface area contributed by atoms with E-state index in [0.29, 0.717) is 12.5 Å². The van der Waals surface area contributed by atoms with Crippen molar-refractivity contribution in [2.45, 2.75) is 45.7 Å². The van der Waals surface area contributed by atoms with Crippen molar-refractivity contribution in [1.29, 1.82) is 0 Å². The van der Waals surface area contributed by atoms with Gasteiger partial charge in [-0.05, 0) is 37.0 Å². The van der Waals surface area contributed by atoms with Gasteiger partial charge in [0.2, 0.25) is 5.91 Å². The first-order valence-electron chi connectivity index (χ1n) is 8.62. The first-order valence-corrected chi connectivity index (χ1v) is 8.62. The number of carbonyl (C=O) groups excluding carboxylic acids is 1. The predicted octanol–water partition coefficient (Wildman–Crippen LogP) is 3.00. The molecule has 1 saturated heterocycles. The average Bonchev–Trinajstić information content (AvgIpc) is 3.06. The van der Waals surface area contributed by atoms with E-state index in [2.05, 4.69) is 13.8 Å². The summed E-state index contributed by atoms with van der Waals surface area (Å²) >= 11 is 0. The second-order valence-electron chi connectivity index (χ2n) is 6.56. The van der Waals surface area contributed by atoms with Gasteiger partial charge >= 0.3 is 0 Å². The molecule has 5 nitrogen and oxygen atoms in total. The third-order valence-corrected chi connectivity index (χ3v) is 4.75. The van der Waals surface area contributed by atoms with E-state index in [1.165, 1.54) is 10.6 Å². The summed E-state index contributed by atoms with van der Waals surface area (Å²) in [5, 5.41) is 0. The van der Waals surface area contributed by atoms with Crippen molar-refractivity contribution in [3.8, 4) is 0 Å². The molecule has 3 rings (SSSR count). The van der Waals surface area contributed by atoms with Gasteiger partial charge < -0.3 is 13.9 Å². The Bertz CT molecular complexity index is 762. The number of furan rings is 1. The van der Waals surface area contributed by atoms with Gasteiger partial charge in [0, 0.05) is 25.2 Å². The van der Waals surface area contributed by atoms with Crippen molar-refractivity contribution in [1.82, 2.24) is 9.47 Å². The fraction of sp³-hybridized carbons (Fsp3) is 0.474. The molecule has 2 aromatic rings. The zero-order valence-corrected chi connectivity index (χ0v) is 14.3. The molecule has 0 aromatic carbocycles. The van der Waals surface area contributed by atoms with Crippen LogP contribution in [-0.4, -0.2) is 21.9 Å². The van der Waals surface area contributed by atoms with Gasteiger partial charge in [-0.1, -0.05) is 19.9 Å². The molecular weight excluding hydrogens is 304 g/mol. The molecule has 1 fully saturated rings. The van der Waals surface area contributed by atoms with Gasteiger partial charge in [0.05, 0.1) is 6.04 Å². The summed E-state index contributed by atoms with van der Waals surface area (Å²) < 4.78 is 7.37. The number of likely N-dealkylation sites (tertiary alicyclic amines) is 1. The minimum Gasteiger partial charge on any atom is -0.464 e. The molecule has 5 heteroatoms. The highest BCUT2D eigenvalue weighted by atomic mass is 16.3. The Morgan fingerprint density at radius 1 is 1.29 bits per heavy atom. The first-order chi connectivity index (χ1) is 11.6. The minimum absolute atomic E-state index is 0.0327. The molecule has 128 valence electrons. The zero-order valence-electron chi connectivity index (χ0n) is 14.3. The summed E-state index contributed by atoms with van der Waals surface area (Å²) in [6.07, 6.45) is 4.37. The molecule has 24 heavy (non-hydrogen) atoms. The van der Waals surface area contributed by atoms with Gasteiger partial charge in [-0.15, -0.1) is 0 Å². The summed E-state index contributed by atoms with van der Waals surface area (Å²) in [5.74, 6) is 2.31. The Kier molecular flexibility index (Phi) is 4.88. The monoisotopic (exact) mass is 328 g/mol. The molecule has 0 unspecified atom stereocenters. The van der Waals surface area contributed by atoms with Crippen LogP contribution in [-0.2, 0) is 17.8 Å². The van der Waals surface area contributed by atoms with E-state index in [1.54, 1.807) is 18.3 Å². The van der Waals surface area contributed by atoms with E-state index >= 15 is 0 Å². The van der Waals surface area contributed by atoms with E-state index in [1.807, 2.05) is 17.0 Å². The highest BCUT2D eigenvalue weighted by molar-refractivity contribution is 5.76. The number of nitrogens with zero attached hydrogens (tertiary/aromatic N) is 2. The Hall–Kier alpha value is -2.30. The maximum Gasteiger partial charge on any atom is 0.250 e. The Morgan fingerprint density at radius 3 is 2.83 bits per heavy atom. The summed E-state index contributed by atoms with van der Waals surface area (Å²) in [5.41, 5.74) is -0.154. The summed E-state index contributed by atoms with van der Waals surface area (Å²) in [6.45, 7) is 5.04. The van der Waals surface area contributed by atoms with Gasteiger partial charge in [-0.25, -0.2) is 0 Å². The van der Waals surface area contributed by atoms with E-state index in [-0.39, 0.29) is 24.1 Å². The summed E-state index contributed by atoms with van der Waals surface area (Å²) in [4.78, 5) is 26.5. The number of hydrogen-bond acceptors (Lipinski definition) is 3. The highest BCUT2D eigenvalue weighted by Crippen LogP contribution is 2.35. The Labute approximate surface area is 141 Å². The van der Waals surface area contributed by atoms with Crippen LogP contribution >= 0.6 is 0 Å². The normalized spacial score (nSPS) is 21.0. The maximum atomic E-state index is 12.8. The molecule has 1 aliphatic heterocycles. The van der Waals surface area contributed by atoms with Crippen molar-refractivity contribution in [3.63, 3.8) is 0 Å². The van der Waals surface area contributed by atoms with Crippen LogP contribution in [0.2, 0.25) is 0 Å². The molecule has 0 N–H and O–H groups in total. The van der Waals surface area contributed by atoms with Crippen LogP contribution < -0.4 is 5.56 Å². The highest BCUT2D eigenvalue weighted by Gasteiger charge is 2.33. The van der Waals surface area contributed by atoms with Crippen molar-refractivity contribution in [2.75, 3.05) is 6.54 Å². The van der Waals surface area contributed by atoms with Crippen LogP contribution in [0.25, 0.3) is 0 Å². The molecule has 1 amide bonds. The SMILES string of the molecule is CCc1ccc([C@H]2C[C@@H](C)CCN2C(=O)Cn2ccccc2=O)o1. The fourth-order valence-electron chi connectivity index (χ4n) is 3.30. The lowest BCUT2D eigenvalue weighted by atomic mass is 9.91. The first kappa shape index (κ1) is 16.6. The predicted molar refractivity (Wildman–Crippen MR) is 91.6 cm³/mol. The molecule has 1 aliphatic rings. The van der Waals surface area contributed by atoms with Crippen molar-refractivity contribution in [3.05, 3.63) is 58.4 Å². The molecule has 0 aliphatic carbocycles. The fourth-order valence-corrected chi connectivity index (χ4v) is 3.30. The summed E-state index contributed by atoms with van der Waals surface area (Å²) in [7, 11) is 0. The molecule has 0 saturated carbocycles. The number of aryl methyl sites for hydroxylation is 1. The molecule has 2 aromatic heterocycles. The van der Waals surface area contributed by atoms with E-state index in [9.17, 15) is 9.59 Å². The number of pyridine rings is 1. The van der Waals surface area contributed by atoms with Gasteiger partial charge in [-0.3, -0.25) is 9.59 Å². The van der Waals surface area contributed by atoms with Gasteiger partial charge in [0.1, 0.15) is 18.1 Å². The molecule has 0 spiro atoms. The molecule has 0 radical (unpaired) electrons. The van der Waals surface area contributed by atoms with Crippen LogP contribution in [0.3, 0.4) is 0 Å². The van der Waals surface area contributed by atoms with Gasteiger partial charge in [0.15, 0.2) is 0 Å². The van der Waals surface area contributed by atoms with Crippen LogP contribution in [0.5, 0.6) is 0 Å². The minimum atomic E-state index is -0.154. The van der Waals surface area contributed by atoms with Crippen LogP contribution in [0.15, 0.2) is 45.7 Å². The third-order valence-electron chi connectivity index (χ3n) is 4.75. The smallest absolute Gasteiger partial charge is 0.250 e. The maximum absolute atomic E-state index is 12.8. The standard InChI is InChI=1S/C19H24N2O3/c1-3-15-7-8-17(24-15)16-12-14(2)9-11-21(16)19(23)13-20-10-5-4-6-18(20)22/h4-8,10,14,16H,3,9,11-13H2,1-2H3/t14-,16+/m0/s1. The summed E-state index contributed by atoms with van der Waals surface area (Å²) in [6, 6.07) is 8.85. The Morgan fingerprint density at radius 2 is 2.12 bits per heavy atom. The van der Waals surface area contributed by atoms with E-state index in [0.717, 1.165) is 30.8 Å². The second kappa shape index (κ2) is 7.07. The quantitative estimate of drug-likeness (QED) is 0.867. The molecule has 3 heterocycles. The Balaban J connectivity index is 1.82. The van der Waals surface area contributed by atoms with Crippen LogP contribution in [0, 0.1) is 5.92 Å². The van der Waals surface area contributed by atoms with Crippen molar-refractivity contribution in [2.24, 2.45) is 5.92 Å². The lowest BCUT2D eigenvalue weighted by molar-refractivity contribution is -0.137. The average molecular weight is 328 g/mol. The van der Waals surface area contributed by atoms with E-state index in [4.69, 9.17) is 4.42 Å². The van der Waals surface area contributed by atoms with E-state index < -0.39 is 0 Å². The zero-order chi connectivity index (χ0) is 17.1. The number of piperidine rings is 1. The van der Waals surface area contributed by atoms with Crippen molar-refractivity contribution < 1.29 is 9.21 Å². The van der Waals surface area contributed by atoms with Crippen molar-refractivity contribution >= 4 is 5.91 Å². The van der Waals surface area contributed by atoms with Gasteiger partial charge in [-0.2, -0.15) is 0 Å². The largest absolute Gasteiger partial charge is 0.464 e. The number of aromatic nitrogens is 1. The third kappa shape index (κ3) is 3.45. The molecular formula is C19H24N2O3. The number of rotatable bonds is 4. The number of amides is 1. The topological polar surface area (TPSA) is 55.5 Å².